The molecule has 0 aliphatic carbocycles. The van der Waals surface area contributed by atoms with E-state index in [1.165, 1.54) is 15.6 Å². The van der Waals surface area contributed by atoms with Crippen molar-refractivity contribution in [2.75, 3.05) is 32.7 Å². The van der Waals surface area contributed by atoms with Gasteiger partial charge in [-0.2, -0.15) is 4.31 Å². The molecule has 0 radical (unpaired) electrons. The van der Waals surface area contributed by atoms with Crippen LogP contribution in [0.4, 0.5) is 0 Å². The van der Waals surface area contributed by atoms with Gasteiger partial charge in [0, 0.05) is 31.1 Å². The Hall–Kier alpha value is -0.960. The first-order valence-electron chi connectivity index (χ1n) is 6.40. The second kappa shape index (κ2) is 6.21. The van der Waals surface area contributed by atoms with Crippen LogP contribution in [0.2, 0.25) is 0 Å². The van der Waals surface area contributed by atoms with E-state index < -0.39 is 16.0 Å². The van der Waals surface area contributed by atoms with Gasteiger partial charge in [-0.3, -0.25) is 9.69 Å². The second-order valence-electron chi connectivity index (χ2n) is 4.79. The van der Waals surface area contributed by atoms with E-state index in [9.17, 15) is 13.2 Å². The van der Waals surface area contributed by atoms with E-state index in [1.54, 1.807) is 17.0 Å². The fraction of sp³-hybridized carbons (Fsp3) is 0.583. The minimum Gasteiger partial charge on any atom is -0.480 e. The number of carboxylic acid groups (broad SMARTS) is 1. The number of nitrogens with zero attached hydrogens (tertiary/aromatic N) is 2. The van der Waals surface area contributed by atoms with Gasteiger partial charge in [0.2, 0.25) is 0 Å². The molecule has 0 unspecified atom stereocenters. The van der Waals surface area contributed by atoms with Gasteiger partial charge in [0.15, 0.2) is 0 Å². The van der Waals surface area contributed by atoms with Crippen LogP contribution in [-0.4, -0.2) is 61.4 Å². The molecule has 1 aliphatic rings. The third-order valence-corrected chi connectivity index (χ3v) is 6.58. The maximum atomic E-state index is 12.5. The number of carboxylic acids is 1. The fourth-order valence-electron chi connectivity index (χ4n) is 2.21. The Bertz CT molecular complexity index is 582. The maximum absolute atomic E-state index is 12.5. The smallest absolute Gasteiger partial charge is 0.317 e. The third kappa shape index (κ3) is 3.57. The van der Waals surface area contributed by atoms with Gasteiger partial charge in [-0.1, -0.05) is 0 Å². The Morgan fingerprint density at radius 3 is 2.65 bits per heavy atom. The van der Waals surface area contributed by atoms with Crippen molar-refractivity contribution >= 4 is 27.3 Å². The monoisotopic (exact) mass is 318 g/mol. The molecular weight excluding hydrogens is 300 g/mol. The first-order chi connectivity index (χ1) is 9.39. The summed E-state index contributed by atoms with van der Waals surface area (Å²) in [6.45, 7) is 3.69. The summed E-state index contributed by atoms with van der Waals surface area (Å²) in [7, 11) is -3.44. The molecule has 112 valence electrons. The molecule has 0 amide bonds. The van der Waals surface area contributed by atoms with E-state index >= 15 is 0 Å². The third-order valence-electron chi connectivity index (χ3n) is 3.22. The molecule has 2 heterocycles. The molecule has 1 fully saturated rings. The van der Waals surface area contributed by atoms with Crippen LogP contribution in [0.15, 0.2) is 16.3 Å². The van der Waals surface area contributed by atoms with Gasteiger partial charge >= 0.3 is 5.97 Å². The van der Waals surface area contributed by atoms with Crippen LogP contribution < -0.4 is 0 Å². The molecule has 0 atom stereocenters. The predicted molar refractivity (Wildman–Crippen MR) is 76.5 cm³/mol. The molecule has 1 aliphatic heterocycles. The van der Waals surface area contributed by atoms with E-state index in [0.717, 1.165) is 4.88 Å². The van der Waals surface area contributed by atoms with Crippen molar-refractivity contribution in [3.63, 3.8) is 0 Å². The SMILES string of the molecule is Cc1ccc(S(=O)(=O)N2CCCN(CC(=O)O)CC2)s1. The molecule has 1 aromatic heterocycles. The van der Waals surface area contributed by atoms with Crippen molar-refractivity contribution in [3.8, 4) is 0 Å². The first-order valence-corrected chi connectivity index (χ1v) is 8.66. The number of rotatable bonds is 4. The summed E-state index contributed by atoms with van der Waals surface area (Å²) in [4.78, 5) is 13.4. The average Bonchev–Trinajstić information content (AvgIpc) is 2.66. The van der Waals surface area contributed by atoms with Crippen molar-refractivity contribution in [1.29, 1.82) is 0 Å². The molecule has 1 aromatic rings. The number of aryl methyl sites for hydroxylation is 1. The number of hydrogen-bond acceptors (Lipinski definition) is 5. The summed E-state index contributed by atoms with van der Waals surface area (Å²) in [5.74, 6) is -0.879. The lowest BCUT2D eigenvalue weighted by molar-refractivity contribution is -0.138. The summed E-state index contributed by atoms with van der Waals surface area (Å²) in [5.41, 5.74) is 0. The van der Waals surface area contributed by atoms with E-state index in [0.29, 0.717) is 36.8 Å². The minimum atomic E-state index is -3.44. The summed E-state index contributed by atoms with van der Waals surface area (Å²) in [6.07, 6.45) is 0.650. The molecular formula is C12H18N2O4S2. The number of thiophene rings is 1. The van der Waals surface area contributed by atoms with Crippen molar-refractivity contribution in [2.45, 2.75) is 17.6 Å². The van der Waals surface area contributed by atoms with Gasteiger partial charge in [-0.05, 0) is 25.5 Å². The van der Waals surface area contributed by atoms with Crippen molar-refractivity contribution < 1.29 is 18.3 Å². The quantitative estimate of drug-likeness (QED) is 0.890. The van der Waals surface area contributed by atoms with E-state index in [2.05, 4.69) is 0 Å². The molecule has 1 saturated heterocycles. The Kier molecular flexibility index (Phi) is 4.79. The predicted octanol–water partition coefficient (Wildman–Crippen LogP) is 0.838. The minimum absolute atomic E-state index is 0.0357. The molecule has 1 N–H and O–H groups in total. The first kappa shape index (κ1) is 15.4. The second-order valence-corrected chi connectivity index (χ2v) is 8.25. The maximum Gasteiger partial charge on any atom is 0.317 e. The van der Waals surface area contributed by atoms with Crippen molar-refractivity contribution in [1.82, 2.24) is 9.21 Å². The Morgan fingerprint density at radius 1 is 1.30 bits per heavy atom. The Morgan fingerprint density at radius 2 is 2.05 bits per heavy atom. The van der Waals surface area contributed by atoms with E-state index in [4.69, 9.17) is 5.11 Å². The van der Waals surface area contributed by atoms with Crippen LogP contribution in [0.25, 0.3) is 0 Å². The van der Waals surface area contributed by atoms with E-state index in [1.807, 2.05) is 6.92 Å². The molecule has 2 rings (SSSR count). The lowest BCUT2D eigenvalue weighted by Crippen LogP contribution is -2.36. The van der Waals surface area contributed by atoms with Crippen molar-refractivity contribution in [2.24, 2.45) is 0 Å². The van der Waals surface area contributed by atoms with Crippen LogP contribution in [0.5, 0.6) is 0 Å². The average molecular weight is 318 g/mol. The molecule has 20 heavy (non-hydrogen) atoms. The topological polar surface area (TPSA) is 77.9 Å². The molecule has 0 aromatic carbocycles. The fourth-order valence-corrected chi connectivity index (χ4v) is 5.12. The van der Waals surface area contributed by atoms with Crippen LogP contribution in [0.1, 0.15) is 11.3 Å². The van der Waals surface area contributed by atoms with Gasteiger partial charge in [-0.25, -0.2) is 8.42 Å². The molecule has 0 spiro atoms. The van der Waals surface area contributed by atoms with Gasteiger partial charge in [0.25, 0.3) is 10.0 Å². The van der Waals surface area contributed by atoms with Crippen LogP contribution in [-0.2, 0) is 14.8 Å². The summed E-state index contributed by atoms with van der Waals surface area (Å²) in [6, 6.07) is 3.43. The number of sulfonamides is 1. The summed E-state index contributed by atoms with van der Waals surface area (Å²) in [5, 5.41) is 8.79. The zero-order valence-electron chi connectivity index (χ0n) is 11.3. The molecule has 8 heteroatoms. The van der Waals surface area contributed by atoms with Gasteiger partial charge in [0.05, 0.1) is 6.54 Å². The van der Waals surface area contributed by atoms with Crippen molar-refractivity contribution in [3.05, 3.63) is 17.0 Å². The summed E-state index contributed by atoms with van der Waals surface area (Å²) < 4.78 is 26.8. The number of hydrogen-bond donors (Lipinski definition) is 1. The Labute approximate surface area is 122 Å². The van der Waals surface area contributed by atoms with Gasteiger partial charge in [0.1, 0.15) is 4.21 Å². The normalized spacial score (nSPS) is 18.9. The lowest BCUT2D eigenvalue weighted by Gasteiger charge is -2.19. The highest BCUT2D eigenvalue weighted by atomic mass is 32.2. The molecule has 0 saturated carbocycles. The van der Waals surface area contributed by atoms with Crippen LogP contribution in [0, 0.1) is 6.92 Å². The van der Waals surface area contributed by atoms with Gasteiger partial charge < -0.3 is 5.11 Å². The van der Waals surface area contributed by atoms with Gasteiger partial charge in [-0.15, -0.1) is 11.3 Å². The molecule has 6 nitrogen and oxygen atoms in total. The van der Waals surface area contributed by atoms with E-state index in [-0.39, 0.29) is 6.54 Å². The highest BCUT2D eigenvalue weighted by Crippen LogP contribution is 2.25. The Balaban J connectivity index is 2.08. The number of aliphatic carboxylic acids is 1. The highest BCUT2D eigenvalue weighted by molar-refractivity contribution is 7.91. The standard InChI is InChI=1S/C12H18N2O4S2/c1-10-3-4-12(19-10)20(17,18)14-6-2-5-13(7-8-14)9-11(15)16/h3-4H,2,5-9H2,1H3,(H,15,16). The largest absolute Gasteiger partial charge is 0.480 e. The highest BCUT2D eigenvalue weighted by Gasteiger charge is 2.28. The molecule has 0 bridgehead atoms. The van der Waals surface area contributed by atoms with Crippen LogP contribution in [0.3, 0.4) is 0 Å². The summed E-state index contributed by atoms with van der Waals surface area (Å²) >= 11 is 1.27. The van der Waals surface area contributed by atoms with Crippen LogP contribution >= 0.6 is 11.3 Å². The lowest BCUT2D eigenvalue weighted by atomic mass is 10.4. The zero-order chi connectivity index (χ0) is 14.8. The number of carbonyl (C=O) groups is 1. The zero-order valence-corrected chi connectivity index (χ0v) is 12.9.